The number of hydrogen-bond acceptors (Lipinski definition) is 4. The fraction of sp³-hybridized carbons (Fsp3) is 0.625. The maximum atomic E-state index is 10.3. The quantitative estimate of drug-likeness (QED) is 0.685. The molecule has 1 atom stereocenters. The first-order chi connectivity index (χ1) is 9.35. The first kappa shape index (κ1) is 16.8. The van der Waals surface area contributed by atoms with E-state index < -0.39 is 5.60 Å². The van der Waals surface area contributed by atoms with Gasteiger partial charge in [0.15, 0.2) is 11.5 Å². The van der Waals surface area contributed by atoms with E-state index in [0.29, 0.717) is 24.8 Å². The van der Waals surface area contributed by atoms with Gasteiger partial charge in [-0.15, -0.1) is 0 Å². The number of rotatable bonds is 8. The van der Waals surface area contributed by atoms with Crippen LogP contribution in [0, 0.1) is 5.92 Å². The molecule has 0 saturated carbocycles. The summed E-state index contributed by atoms with van der Waals surface area (Å²) in [4.78, 5) is 0. The van der Waals surface area contributed by atoms with Crippen LogP contribution in [0.5, 0.6) is 11.5 Å². The van der Waals surface area contributed by atoms with Gasteiger partial charge in [-0.25, -0.2) is 0 Å². The lowest BCUT2D eigenvalue weighted by molar-refractivity contribution is 0.0450. The van der Waals surface area contributed by atoms with Crippen LogP contribution in [0.1, 0.15) is 39.2 Å². The van der Waals surface area contributed by atoms with Gasteiger partial charge in [0.2, 0.25) is 0 Å². The van der Waals surface area contributed by atoms with Crippen LogP contribution in [-0.2, 0) is 6.54 Å². The molecule has 3 N–H and O–H groups in total. The Morgan fingerprint density at radius 2 is 2.05 bits per heavy atom. The van der Waals surface area contributed by atoms with Crippen molar-refractivity contribution in [1.29, 1.82) is 0 Å². The van der Waals surface area contributed by atoms with Crippen molar-refractivity contribution in [3.63, 3.8) is 0 Å². The van der Waals surface area contributed by atoms with Crippen LogP contribution < -0.4 is 10.1 Å². The molecule has 0 bridgehead atoms. The highest BCUT2D eigenvalue weighted by atomic mass is 16.5. The molecule has 1 aromatic rings. The highest BCUT2D eigenvalue weighted by Crippen LogP contribution is 2.29. The number of phenols is 1. The molecule has 0 fully saturated rings. The van der Waals surface area contributed by atoms with Crippen LogP contribution in [-0.4, -0.2) is 29.5 Å². The number of aromatic hydroxyl groups is 1. The Kier molecular flexibility index (Phi) is 6.30. The molecule has 0 aliphatic carbocycles. The molecule has 4 heteroatoms. The van der Waals surface area contributed by atoms with E-state index >= 15 is 0 Å². The van der Waals surface area contributed by atoms with Crippen molar-refractivity contribution >= 4 is 0 Å². The molecule has 0 saturated heterocycles. The predicted molar refractivity (Wildman–Crippen MR) is 81.1 cm³/mol. The maximum Gasteiger partial charge on any atom is 0.162 e. The van der Waals surface area contributed by atoms with Crippen LogP contribution in [0.3, 0.4) is 0 Å². The van der Waals surface area contributed by atoms with Gasteiger partial charge in [0.25, 0.3) is 0 Å². The van der Waals surface area contributed by atoms with E-state index in [1.54, 1.807) is 6.07 Å². The summed E-state index contributed by atoms with van der Waals surface area (Å²) in [5, 5.41) is 23.4. The second-order valence-corrected chi connectivity index (χ2v) is 6.00. The van der Waals surface area contributed by atoms with E-state index in [1.807, 2.05) is 19.1 Å². The molecule has 0 heterocycles. The standard InChI is InChI=1S/C16H27NO3/c1-12(2)8-9-16(3,19)11-17-10-13-6-5-7-14(20-4)15(13)18/h5-7,12,17-19H,8-11H2,1-4H3. The number of phenolic OH excluding ortho intramolecular Hbond substituents is 1. The highest BCUT2D eigenvalue weighted by Gasteiger charge is 2.20. The normalized spacial score (nSPS) is 14.3. The van der Waals surface area contributed by atoms with Gasteiger partial charge in [0, 0.05) is 18.7 Å². The number of nitrogens with one attached hydrogen (secondary N) is 1. The Bertz CT molecular complexity index is 416. The lowest BCUT2D eigenvalue weighted by atomic mass is 9.95. The van der Waals surface area contributed by atoms with Gasteiger partial charge in [0.1, 0.15) is 0 Å². The van der Waals surface area contributed by atoms with Crippen molar-refractivity contribution in [3.05, 3.63) is 23.8 Å². The van der Waals surface area contributed by atoms with Crippen LogP contribution >= 0.6 is 0 Å². The number of aliphatic hydroxyl groups is 1. The summed E-state index contributed by atoms with van der Waals surface area (Å²) in [6, 6.07) is 5.40. The summed E-state index contributed by atoms with van der Waals surface area (Å²) in [6.07, 6.45) is 1.76. The topological polar surface area (TPSA) is 61.7 Å². The minimum Gasteiger partial charge on any atom is -0.504 e. The summed E-state index contributed by atoms with van der Waals surface area (Å²) >= 11 is 0. The largest absolute Gasteiger partial charge is 0.504 e. The van der Waals surface area contributed by atoms with E-state index in [-0.39, 0.29) is 5.75 Å². The second-order valence-electron chi connectivity index (χ2n) is 6.00. The molecule has 1 aromatic carbocycles. The summed E-state index contributed by atoms with van der Waals surface area (Å²) in [7, 11) is 1.53. The summed E-state index contributed by atoms with van der Waals surface area (Å²) in [6.45, 7) is 7.14. The maximum absolute atomic E-state index is 10.3. The molecular formula is C16H27NO3. The SMILES string of the molecule is COc1cccc(CNCC(C)(O)CCC(C)C)c1O. The van der Waals surface area contributed by atoms with Crippen molar-refractivity contribution in [3.8, 4) is 11.5 Å². The Morgan fingerprint density at radius 3 is 2.65 bits per heavy atom. The first-order valence-electron chi connectivity index (χ1n) is 7.13. The molecule has 0 radical (unpaired) electrons. The van der Waals surface area contributed by atoms with Crippen molar-refractivity contribution in [1.82, 2.24) is 5.32 Å². The number of benzene rings is 1. The number of ether oxygens (including phenoxy) is 1. The van der Waals surface area contributed by atoms with E-state index in [9.17, 15) is 10.2 Å². The van der Waals surface area contributed by atoms with Crippen LogP contribution in [0.2, 0.25) is 0 Å². The molecule has 0 amide bonds. The van der Waals surface area contributed by atoms with E-state index in [1.165, 1.54) is 7.11 Å². The van der Waals surface area contributed by atoms with Gasteiger partial charge in [0.05, 0.1) is 12.7 Å². The summed E-state index contributed by atoms with van der Waals surface area (Å²) in [5.41, 5.74) is 0.0441. The van der Waals surface area contributed by atoms with Crippen molar-refractivity contribution in [2.75, 3.05) is 13.7 Å². The van der Waals surface area contributed by atoms with Gasteiger partial charge in [-0.1, -0.05) is 26.0 Å². The molecule has 4 nitrogen and oxygen atoms in total. The van der Waals surface area contributed by atoms with E-state index in [4.69, 9.17) is 4.74 Å². The van der Waals surface area contributed by atoms with Gasteiger partial charge in [-0.05, 0) is 31.7 Å². The Morgan fingerprint density at radius 1 is 1.35 bits per heavy atom. The van der Waals surface area contributed by atoms with Crippen molar-refractivity contribution in [2.24, 2.45) is 5.92 Å². The average Bonchev–Trinajstić information content (AvgIpc) is 2.38. The number of methoxy groups -OCH3 is 1. The number of hydrogen-bond donors (Lipinski definition) is 3. The van der Waals surface area contributed by atoms with Gasteiger partial charge < -0.3 is 20.3 Å². The third-order valence-electron chi connectivity index (χ3n) is 3.38. The van der Waals surface area contributed by atoms with E-state index in [2.05, 4.69) is 19.2 Å². The lowest BCUT2D eigenvalue weighted by Gasteiger charge is -2.24. The lowest BCUT2D eigenvalue weighted by Crippen LogP contribution is -2.37. The summed E-state index contributed by atoms with van der Waals surface area (Å²) < 4.78 is 5.07. The Hall–Kier alpha value is -1.26. The number of para-hydroxylation sites is 1. The van der Waals surface area contributed by atoms with E-state index in [0.717, 1.165) is 18.4 Å². The predicted octanol–water partition coefficient (Wildman–Crippen LogP) is 2.68. The zero-order chi connectivity index (χ0) is 15.2. The fourth-order valence-corrected chi connectivity index (χ4v) is 2.03. The fourth-order valence-electron chi connectivity index (χ4n) is 2.03. The smallest absolute Gasteiger partial charge is 0.162 e. The zero-order valence-corrected chi connectivity index (χ0v) is 12.9. The average molecular weight is 281 g/mol. The minimum absolute atomic E-state index is 0.157. The van der Waals surface area contributed by atoms with Gasteiger partial charge in [-0.2, -0.15) is 0 Å². The van der Waals surface area contributed by atoms with Gasteiger partial charge >= 0.3 is 0 Å². The molecule has 1 unspecified atom stereocenters. The second kappa shape index (κ2) is 7.50. The molecular weight excluding hydrogens is 254 g/mol. The molecule has 1 rings (SSSR count). The Labute approximate surface area is 121 Å². The van der Waals surface area contributed by atoms with Crippen LogP contribution in [0.25, 0.3) is 0 Å². The molecule has 0 spiro atoms. The zero-order valence-electron chi connectivity index (χ0n) is 12.9. The van der Waals surface area contributed by atoms with Crippen molar-refractivity contribution < 1.29 is 14.9 Å². The van der Waals surface area contributed by atoms with Crippen molar-refractivity contribution in [2.45, 2.75) is 45.8 Å². The Balaban J connectivity index is 2.48. The molecule has 114 valence electrons. The van der Waals surface area contributed by atoms with Crippen LogP contribution in [0.4, 0.5) is 0 Å². The van der Waals surface area contributed by atoms with Crippen LogP contribution in [0.15, 0.2) is 18.2 Å². The molecule has 20 heavy (non-hydrogen) atoms. The minimum atomic E-state index is -0.723. The van der Waals surface area contributed by atoms with Gasteiger partial charge in [-0.3, -0.25) is 0 Å². The monoisotopic (exact) mass is 281 g/mol. The summed E-state index contributed by atoms with van der Waals surface area (Å²) in [5.74, 6) is 1.21. The third-order valence-corrected chi connectivity index (χ3v) is 3.38. The first-order valence-corrected chi connectivity index (χ1v) is 7.13. The highest BCUT2D eigenvalue weighted by molar-refractivity contribution is 5.45. The molecule has 0 aliphatic heterocycles. The molecule has 0 aliphatic rings. The molecule has 0 aromatic heterocycles. The third kappa shape index (κ3) is 5.39.